The second-order valence-corrected chi connectivity index (χ2v) is 8.49. The number of aromatic amines is 1. The standard InChI is InChI=1S/C26H27N5O2/c1-17-15-21(33-26-29-23-16-28-14-11-22(23)25(32)30-26)7-8-24(17)31(2)20-5-3-18(4-6-20)19-9-12-27-13-10-19/h3-8,11,14-16,19,27H,9-10,12-13H2,1-2H3,(H,29,30,32). The van der Waals surface area contributed by atoms with Crippen molar-refractivity contribution in [1.29, 1.82) is 0 Å². The van der Waals surface area contributed by atoms with Gasteiger partial charge in [0.1, 0.15) is 5.75 Å². The van der Waals surface area contributed by atoms with Crippen LogP contribution >= 0.6 is 0 Å². The lowest BCUT2D eigenvalue weighted by molar-refractivity contribution is 0.442. The van der Waals surface area contributed by atoms with Crippen LogP contribution in [0.3, 0.4) is 0 Å². The zero-order valence-corrected chi connectivity index (χ0v) is 18.8. The van der Waals surface area contributed by atoms with Gasteiger partial charge in [0, 0.05) is 24.6 Å². The lowest BCUT2D eigenvalue weighted by atomic mass is 9.90. The maximum atomic E-state index is 12.3. The molecule has 0 amide bonds. The van der Waals surface area contributed by atoms with Gasteiger partial charge in [0.15, 0.2) is 0 Å². The average Bonchev–Trinajstić information content (AvgIpc) is 2.84. The number of benzene rings is 2. The molecule has 2 aromatic carbocycles. The van der Waals surface area contributed by atoms with Gasteiger partial charge in [-0.1, -0.05) is 12.1 Å². The summed E-state index contributed by atoms with van der Waals surface area (Å²) in [6.45, 7) is 4.24. The van der Waals surface area contributed by atoms with Gasteiger partial charge in [0.2, 0.25) is 0 Å². The number of anilines is 2. The van der Waals surface area contributed by atoms with Crippen LogP contribution in [0.25, 0.3) is 10.9 Å². The molecule has 1 aliphatic rings. The molecule has 0 saturated carbocycles. The third-order valence-corrected chi connectivity index (χ3v) is 6.32. The van der Waals surface area contributed by atoms with Crippen LogP contribution in [0.5, 0.6) is 11.8 Å². The van der Waals surface area contributed by atoms with Crippen LogP contribution < -0.4 is 20.5 Å². The van der Waals surface area contributed by atoms with Gasteiger partial charge in [-0.15, -0.1) is 0 Å². The molecule has 168 valence electrons. The number of H-pyrrole nitrogens is 1. The molecule has 2 aromatic heterocycles. The normalized spacial score (nSPS) is 14.4. The van der Waals surface area contributed by atoms with Gasteiger partial charge in [0.05, 0.1) is 17.1 Å². The molecule has 0 unspecified atom stereocenters. The Bertz CT molecular complexity index is 1330. The number of aryl methyl sites for hydroxylation is 1. The Balaban J connectivity index is 1.34. The maximum absolute atomic E-state index is 12.3. The third-order valence-electron chi connectivity index (χ3n) is 6.32. The Labute approximate surface area is 192 Å². The van der Waals surface area contributed by atoms with Crippen LogP contribution in [-0.2, 0) is 0 Å². The van der Waals surface area contributed by atoms with E-state index in [0.717, 1.165) is 30.0 Å². The van der Waals surface area contributed by atoms with Crippen LogP contribution in [0.2, 0.25) is 0 Å². The first-order valence-electron chi connectivity index (χ1n) is 11.3. The van der Waals surface area contributed by atoms with Crippen molar-refractivity contribution in [3.05, 3.63) is 82.4 Å². The monoisotopic (exact) mass is 441 g/mol. The quantitative estimate of drug-likeness (QED) is 0.469. The molecular weight excluding hydrogens is 414 g/mol. The first kappa shape index (κ1) is 21.2. The highest BCUT2D eigenvalue weighted by Crippen LogP contribution is 2.32. The van der Waals surface area contributed by atoms with Gasteiger partial charge in [0.25, 0.3) is 5.56 Å². The Morgan fingerprint density at radius 1 is 1.06 bits per heavy atom. The average molecular weight is 442 g/mol. The lowest BCUT2D eigenvalue weighted by Gasteiger charge is -2.25. The van der Waals surface area contributed by atoms with Crippen LogP contribution in [-0.4, -0.2) is 35.1 Å². The fraction of sp³-hybridized carbons (Fsp3) is 0.269. The number of hydrogen-bond donors (Lipinski definition) is 2. The zero-order chi connectivity index (χ0) is 22.8. The van der Waals surface area contributed by atoms with Crippen LogP contribution in [0.15, 0.2) is 65.7 Å². The van der Waals surface area contributed by atoms with Crippen molar-refractivity contribution in [1.82, 2.24) is 20.3 Å². The predicted octanol–water partition coefficient (Wildman–Crippen LogP) is 4.65. The molecule has 7 heteroatoms. The highest BCUT2D eigenvalue weighted by molar-refractivity contribution is 5.76. The van der Waals surface area contributed by atoms with E-state index in [2.05, 4.69) is 56.5 Å². The number of piperidine rings is 1. The lowest BCUT2D eigenvalue weighted by Crippen LogP contribution is -2.26. The molecule has 0 aliphatic carbocycles. The highest BCUT2D eigenvalue weighted by Gasteiger charge is 2.16. The molecule has 0 atom stereocenters. The van der Waals surface area contributed by atoms with Crippen LogP contribution in [0, 0.1) is 6.92 Å². The summed E-state index contributed by atoms with van der Waals surface area (Å²) in [4.78, 5) is 25.5. The zero-order valence-electron chi connectivity index (χ0n) is 18.8. The van der Waals surface area contributed by atoms with Crippen LogP contribution in [0.4, 0.5) is 11.4 Å². The predicted molar refractivity (Wildman–Crippen MR) is 131 cm³/mol. The second kappa shape index (κ2) is 9.03. The van der Waals surface area contributed by atoms with E-state index in [-0.39, 0.29) is 11.6 Å². The van der Waals surface area contributed by atoms with Crippen molar-refractivity contribution in [2.45, 2.75) is 25.7 Å². The summed E-state index contributed by atoms with van der Waals surface area (Å²) in [6.07, 6.45) is 5.52. The summed E-state index contributed by atoms with van der Waals surface area (Å²) in [5.74, 6) is 1.26. The van der Waals surface area contributed by atoms with E-state index in [1.807, 2.05) is 25.1 Å². The molecule has 2 N–H and O–H groups in total. The Kier molecular flexibility index (Phi) is 5.79. The van der Waals surface area contributed by atoms with E-state index in [9.17, 15) is 4.79 Å². The van der Waals surface area contributed by atoms with E-state index in [0.29, 0.717) is 22.6 Å². The Hall–Kier alpha value is -3.71. The van der Waals surface area contributed by atoms with Gasteiger partial charge in [-0.05, 0) is 86.3 Å². The molecule has 4 aromatic rings. The smallest absolute Gasteiger partial charge is 0.302 e. The van der Waals surface area contributed by atoms with Crippen molar-refractivity contribution in [2.24, 2.45) is 0 Å². The van der Waals surface area contributed by atoms with Gasteiger partial charge in [-0.2, -0.15) is 4.98 Å². The summed E-state index contributed by atoms with van der Waals surface area (Å²) in [5, 5.41) is 3.91. The molecule has 7 nitrogen and oxygen atoms in total. The number of ether oxygens (including phenoxy) is 1. The summed E-state index contributed by atoms with van der Waals surface area (Å²) < 4.78 is 5.85. The second-order valence-electron chi connectivity index (χ2n) is 8.49. The number of nitrogens with one attached hydrogen (secondary N) is 2. The van der Waals surface area contributed by atoms with Crippen molar-refractivity contribution in [3.63, 3.8) is 0 Å². The minimum Gasteiger partial charge on any atom is -0.426 e. The first-order valence-corrected chi connectivity index (χ1v) is 11.3. The largest absolute Gasteiger partial charge is 0.426 e. The molecule has 1 fully saturated rings. The van der Waals surface area contributed by atoms with Gasteiger partial charge in [-0.3, -0.25) is 14.8 Å². The first-order chi connectivity index (χ1) is 16.1. The van der Waals surface area contributed by atoms with Crippen molar-refractivity contribution < 1.29 is 4.74 Å². The van der Waals surface area contributed by atoms with E-state index in [4.69, 9.17) is 4.74 Å². The topological polar surface area (TPSA) is 83.1 Å². The molecular formula is C26H27N5O2. The number of fused-ring (bicyclic) bond motifs is 1. The number of hydrogen-bond acceptors (Lipinski definition) is 6. The van der Waals surface area contributed by atoms with Crippen LogP contribution in [0.1, 0.15) is 29.9 Å². The summed E-state index contributed by atoms with van der Waals surface area (Å²) in [5.41, 5.74) is 4.94. The SMILES string of the molecule is Cc1cc(Oc2nc3cnccc3c(=O)[nH]2)ccc1N(C)c1ccc(C2CCNCC2)cc1. The Morgan fingerprint density at radius 3 is 2.61 bits per heavy atom. The van der Waals surface area contributed by atoms with Crippen molar-refractivity contribution >= 4 is 22.3 Å². The van der Waals surface area contributed by atoms with E-state index in [1.165, 1.54) is 18.4 Å². The molecule has 1 saturated heterocycles. The molecule has 0 radical (unpaired) electrons. The third kappa shape index (κ3) is 4.45. The number of pyridine rings is 1. The summed E-state index contributed by atoms with van der Waals surface area (Å²) >= 11 is 0. The summed E-state index contributed by atoms with van der Waals surface area (Å²) in [6, 6.07) is 16.5. The molecule has 33 heavy (non-hydrogen) atoms. The Morgan fingerprint density at radius 2 is 1.85 bits per heavy atom. The van der Waals surface area contributed by atoms with Crippen molar-refractivity contribution in [3.8, 4) is 11.8 Å². The van der Waals surface area contributed by atoms with Gasteiger partial charge in [-0.25, -0.2) is 0 Å². The number of aromatic nitrogens is 3. The molecule has 3 heterocycles. The fourth-order valence-electron chi connectivity index (χ4n) is 4.46. The number of nitrogens with zero attached hydrogens (tertiary/aromatic N) is 3. The molecule has 0 bridgehead atoms. The van der Waals surface area contributed by atoms with Gasteiger partial charge < -0.3 is 15.0 Å². The highest BCUT2D eigenvalue weighted by atomic mass is 16.5. The minimum absolute atomic E-state index is 0.148. The summed E-state index contributed by atoms with van der Waals surface area (Å²) in [7, 11) is 2.07. The van der Waals surface area contributed by atoms with E-state index >= 15 is 0 Å². The molecule has 5 rings (SSSR count). The van der Waals surface area contributed by atoms with E-state index < -0.39 is 0 Å². The van der Waals surface area contributed by atoms with Gasteiger partial charge >= 0.3 is 6.01 Å². The fourth-order valence-corrected chi connectivity index (χ4v) is 4.46. The number of rotatable bonds is 5. The minimum atomic E-state index is -0.251. The van der Waals surface area contributed by atoms with Crippen molar-refractivity contribution in [2.75, 3.05) is 25.0 Å². The molecule has 0 spiro atoms. The van der Waals surface area contributed by atoms with E-state index in [1.54, 1.807) is 18.5 Å². The maximum Gasteiger partial charge on any atom is 0.302 e. The molecule has 1 aliphatic heterocycles.